The number of hydrogen-bond donors (Lipinski definition) is 1. The Morgan fingerprint density at radius 3 is 2.50 bits per heavy atom. The maximum atomic E-state index is 6.06. The number of hydrogen-bond acceptors (Lipinski definition) is 3. The summed E-state index contributed by atoms with van der Waals surface area (Å²) in [4.78, 5) is 0. The fourth-order valence-corrected chi connectivity index (χ4v) is 2.30. The van der Waals surface area contributed by atoms with E-state index in [0.29, 0.717) is 12.5 Å². The van der Waals surface area contributed by atoms with Crippen LogP contribution in [-0.4, -0.2) is 19.3 Å². The summed E-state index contributed by atoms with van der Waals surface area (Å²) in [5.41, 5.74) is 7.06. The van der Waals surface area contributed by atoms with E-state index in [0.717, 1.165) is 30.1 Å². The molecule has 20 heavy (non-hydrogen) atoms. The van der Waals surface area contributed by atoms with Gasteiger partial charge >= 0.3 is 0 Å². The highest BCUT2D eigenvalue weighted by Crippen LogP contribution is 2.32. The Balaban J connectivity index is 2.86. The summed E-state index contributed by atoms with van der Waals surface area (Å²) in [7, 11) is 0. The second kappa shape index (κ2) is 8.85. The van der Waals surface area contributed by atoms with Gasteiger partial charge in [0.1, 0.15) is 0 Å². The van der Waals surface area contributed by atoms with Gasteiger partial charge in [0.05, 0.1) is 13.2 Å². The minimum atomic E-state index is 0.113. The van der Waals surface area contributed by atoms with Crippen molar-refractivity contribution in [2.45, 2.75) is 53.0 Å². The van der Waals surface area contributed by atoms with Crippen molar-refractivity contribution in [3.63, 3.8) is 0 Å². The lowest BCUT2D eigenvalue weighted by Crippen LogP contribution is -2.19. The lowest BCUT2D eigenvalue weighted by molar-refractivity contribution is 0.231. The Kier molecular flexibility index (Phi) is 7.45. The smallest absolute Gasteiger partial charge is 0.164 e. The van der Waals surface area contributed by atoms with Gasteiger partial charge in [0.15, 0.2) is 11.5 Å². The molecular weight excluding hydrogens is 250 g/mol. The number of para-hydroxylation sites is 1. The Labute approximate surface area is 123 Å². The van der Waals surface area contributed by atoms with Gasteiger partial charge in [-0.3, -0.25) is 0 Å². The Morgan fingerprint density at radius 2 is 1.90 bits per heavy atom. The molecule has 0 fully saturated rings. The lowest BCUT2D eigenvalue weighted by atomic mass is 10.1. The van der Waals surface area contributed by atoms with Gasteiger partial charge in [-0.25, -0.2) is 0 Å². The average Bonchev–Trinajstić information content (AvgIpc) is 2.38. The lowest BCUT2D eigenvalue weighted by Gasteiger charge is -2.19. The van der Waals surface area contributed by atoms with Crippen LogP contribution in [0, 0.1) is 5.92 Å². The summed E-state index contributed by atoms with van der Waals surface area (Å²) in [5.74, 6) is 2.25. The van der Waals surface area contributed by atoms with Crippen molar-refractivity contribution in [2.75, 3.05) is 13.2 Å². The Hall–Kier alpha value is -1.22. The summed E-state index contributed by atoms with van der Waals surface area (Å²) in [6.07, 6.45) is 3.17. The highest BCUT2D eigenvalue weighted by Gasteiger charge is 2.13. The molecule has 0 aromatic heterocycles. The quantitative estimate of drug-likeness (QED) is 0.748. The van der Waals surface area contributed by atoms with Crippen molar-refractivity contribution in [3.05, 3.63) is 23.8 Å². The van der Waals surface area contributed by atoms with E-state index in [1.165, 1.54) is 12.8 Å². The summed E-state index contributed by atoms with van der Waals surface area (Å²) in [6.45, 7) is 9.79. The summed E-state index contributed by atoms with van der Waals surface area (Å²) in [5, 5.41) is 0. The minimum Gasteiger partial charge on any atom is -0.490 e. The van der Waals surface area contributed by atoms with Crippen LogP contribution in [0.4, 0.5) is 0 Å². The van der Waals surface area contributed by atoms with Gasteiger partial charge in [-0.2, -0.15) is 0 Å². The van der Waals surface area contributed by atoms with Crippen molar-refractivity contribution in [3.8, 4) is 11.5 Å². The van der Waals surface area contributed by atoms with Crippen LogP contribution in [0.2, 0.25) is 0 Å². The molecule has 2 atom stereocenters. The molecule has 2 unspecified atom stereocenters. The first-order valence-corrected chi connectivity index (χ1v) is 7.71. The number of ether oxygens (including phenoxy) is 2. The van der Waals surface area contributed by atoms with Crippen molar-refractivity contribution >= 4 is 0 Å². The molecule has 0 radical (unpaired) electrons. The SMILES string of the molecule is CCCC(C)COc1c(CC(C)N)cccc1OCC. The van der Waals surface area contributed by atoms with E-state index >= 15 is 0 Å². The summed E-state index contributed by atoms with van der Waals surface area (Å²) < 4.78 is 11.7. The molecule has 1 aromatic rings. The molecule has 114 valence electrons. The molecule has 0 bridgehead atoms. The molecule has 0 spiro atoms. The highest BCUT2D eigenvalue weighted by atomic mass is 16.5. The van der Waals surface area contributed by atoms with Gasteiger partial charge in [-0.1, -0.05) is 32.4 Å². The fraction of sp³-hybridized carbons (Fsp3) is 0.647. The van der Waals surface area contributed by atoms with Gasteiger partial charge < -0.3 is 15.2 Å². The van der Waals surface area contributed by atoms with E-state index < -0.39 is 0 Å². The predicted octanol–water partition coefficient (Wildman–Crippen LogP) is 3.79. The van der Waals surface area contributed by atoms with E-state index in [9.17, 15) is 0 Å². The Morgan fingerprint density at radius 1 is 1.15 bits per heavy atom. The number of benzene rings is 1. The molecule has 0 aliphatic rings. The normalized spacial score (nSPS) is 13.8. The van der Waals surface area contributed by atoms with Gasteiger partial charge in [-0.05, 0) is 44.2 Å². The van der Waals surface area contributed by atoms with Crippen LogP contribution in [0.25, 0.3) is 0 Å². The van der Waals surface area contributed by atoms with Gasteiger partial charge in [0.25, 0.3) is 0 Å². The molecule has 1 rings (SSSR count). The number of rotatable bonds is 9. The molecule has 1 aromatic carbocycles. The number of nitrogens with two attached hydrogens (primary N) is 1. The highest BCUT2D eigenvalue weighted by molar-refractivity contribution is 5.47. The second-order valence-electron chi connectivity index (χ2n) is 5.56. The first-order valence-electron chi connectivity index (χ1n) is 7.71. The molecule has 3 nitrogen and oxygen atoms in total. The first kappa shape index (κ1) is 16.8. The van der Waals surface area contributed by atoms with E-state index in [-0.39, 0.29) is 6.04 Å². The zero-order chi connectivity index (χ0) is 15.0. The third-order valence-corrected chi connectivity index (χ3v) is 3.20. The van der Waals surface area contributed by atoms with Gasteiger partial charge in [-0.15, -0.1) is 0 Å². The molecule has 3 heteroatoms. The van der Waals surface area contributed by atoms with Crippen molar-refractivity contribution in [1.29, 1.82) is 0 Å². The van der Waals surface area contributed by atoms with Crippen molar-refractivity contribution < 1.29 is 9.47 Å². The molecule has 2 N–H and O–H groups in total. The van der Waals surface area contributed by atoms with E-state index in [4.69, 9.17) is 15.2 Å². The molecule has 0 saturated heterocycles. The largest absolute Gasteiger partial charge is 0.490 e. The first-order chi connectivity index (χ1) is 9.58. The second-order valence-corrected chi connectivity index (χ2v) is 5.56. The summed E-state index contributed by atoms with van der Waals surface area (Å²) in [6, 6.07) is 6.16. The maximum absolute atomic E-state index is 6.06. The molecule has 0 saturated carbocycles. The van der Waals surface area contributed by atoms with Crippen LogP contribution in [0.1, 0.15) is 46.1 Å². The zero-order valence-corrected chi connectivity index (χ0v) is 13.3. The van der Waals surface area contributed by atoms with Gasteiger partial charge in [0.2, 0.25) is 0 Å². The molecule has 0 amide bonds. The zero-order valence-electron chi connectivity index (χ0n) is 13.3. The van der Waals surface area contributed by atoms with Crippen LogP contribution >= 0.6 is 0 Å². The standard InChI is InChI=1S/C17H29NO2/c1-5-8-13(3)12-20-17-15(11-14(4)18)9-7-10-16(17)19-6-2/h7,9-10,13-14H,5-6,8,11-12,18H2,1-4H3. The van der Waals surface area contributed by atoms with Gasteiger partial charge in [0, 0.05) is 6.04 Å². The summed E-state index contributed by atoms with van der Waals surface area (Å²) >= 11 is 0. The molecule has 0 heterocycles. The van der Waals surface area contributed by atoms with Crippen LogP contribution < -0.4 is 15.2 Å². The maximum Gasteiger partial charge on any atom is 0.164 e. The van der Waals surface area contributed by atoms with E-state index in [2.05, 4.69) is 19.9 Å². The minimum absolute atomic E-state index is 0.113. The van der Waals surface area contributed by atoms with Crippen molar-refractivity contribution in [1.82, 2.24) is 0 Å². The topological polar surface area (TPSA) is 44.5 Å². The van der Waals surface area contributed by atoms with Crippen molar-refractivity contribution in [2.24, 2.45) is 11.7 Å². The van der Waals surface area contributed by atoms with Crippen LogP contribution in [0.15, 0.2) is 18.2 Å². The third kappa shape index (κ3) is 5.41. The fourth-order valence-electron chi connectivity index (χ4n) is 2.30. The van der Waals surface area contributed by atoms with Crippen LogP contribution in [0.5, 0.6) is 11.5 Å². The van der Waals surface area contributed by atoms with Crippen LogP contribution in [-0.2, 0) is 6.42 Å². The van der Waals surface area contributed by atoms with Crippen LogP contribution in [0.3, 0.4) is 0 Å². The average molecular weight is 279 g/mol. The molecule has 0 aliphatic heterocycles. The van der Waals surface area contributed by atoms with E-state index in [1.54, 1.807) is 0 Å². The monoisotopic (exact) mass is 279 g/mol. The third-order valence-electron chi connectivity index (χ3n) is 3.20. The Bertz CT molecular complexity index is 391. The van der Waals surface area contributed by atoms with E-state index in [1.807, 2.05) is 26.0 Å². The molecular formula is C17H29NO2. The molecule has 0 aliphatic carbocycles. The predicted molar refractivity (Wildman–Crippen MR) is 84.5 cm³/mol.